The molecule has 1 rings (SSSR count). The molecular weight excluding hydrogens is 261 g/mol. The lowest BCUT2D eigenvalue weighted by Gasteiger charge is -1.99. The van der Waals surface area contributed by atoms with Gasteiger partial charge in [0.05, 0.1) is 0 Å². The van der Waals surface area contributed by atoms with Gasteiger partial charge in [-0.2, -0.15) is 13.2 Å². The maximum Gasteiger partial charge on any atom is 0.454 e. The highest BCUT2D eigenvalue weighted by Gasteiger charge is 2.35. The van der Waals surface area contributed by atoms with E-state index in [-0.39, 0.29) is 0 Å². The number of carbonyl (C=O) groups is 1. The first kappa shape index (κ1) is 13.1. The Morgan fingerprint density at radius 2 is 1.81 bits per heavy atom. The van der Waals surface area contributed by atoms with Crippen molar-refractivity contribution in [2.75, 3.05) is 0 Å². The number of benzene rings is 1. The van der Waals surface area contributed by atoms with Crippen LogP contribution in [0.1, 0.15) is 0 Å². The van der Waals surface area contributed by atoms with Gasteiger partial charge in [0.15, 0.2) is 0 Å². The molecule has 0 unspecified atom stereocenters. The average molecular weight is 267 g/mol. The van der Waals surface area contributed by atoms with Crippen molar-refractivity contribution < 1.29 is 18.0 Å². The van der Waals surface area contributed by atoms with Gasteiger partial charge in [-0.15, -0.1) is 0 Å². The number of hydrogen-bond acceptors (Lipinski definition) is 2. The second-order valence-electron chi connectivity index (χ2n) is 2.74. The summed E-state index contributed by atoms with van der Waals surface area (Å²) < 4.78 is 35.4. The first-order chi connectivity index (χ1) is 7.39. The number of alkyl halides is 3. The molecule has 0 radical (unpaired) electrons. The summed E-state index contributed by atoms with van der Waals surface area (Å²) in [5.74, 6) is -1.87. The molecule has 0 heterocycles. The van der Waals surface area contributed by atoms with Crippen LogP contribution in [-0.2, 0) is 4.79 Å². The molecule has 0 aromatic heterocycles. The normalized spacial score (nSPS) is 12.0. The number of allylic oxidation sites excluding steroid dienone is 1. The minimum atomic E-state index is -4.81. The summed E-state index contributed by atoms with van der Waals surface area (Å²) in [6.45, 7) is 0. The van der Waals surface area contributed by atoms with Gasteiger partial charge < -0.3 is 0 Å². The third kappa shape index (κ3) is 4.28. The number of ketones is 1. The molecule has 0 spiro atoms. The molecule has 0 saturated carbocycles. The van der Waals surface area contributed by atoms with Gasteiger partial charge in [0.2, 0.25) is 0 Å². The van der Waals surface area contributed by atoms with Crippen molar-refractivity contribution in [3.05, 3.63) is 40.8 Å². The zero-order valence-electron chi connectivity index (χ0n) is 7.79. The van der Waals surface area contributed by atoms with Crippen molar-refractivity contribution in [3.63, 3.8) is 0 Å². The van der Waals surface area contributed by atoms with Crippen LogP contribution in [0.2, 0.25) is 5.02 Å². The van der Waals surface area contributed by atoms with Gasteiger partial charge in [-0.3, -0.25) is 4.79 Å². The van der Waals surface area contributed by atoms with Crippen LogP contribution in [0.4, 0.5) is 13.2 Å². The zero-order chi connectivity index (χ0) is 12.2. The highest BCUT2D eigenvalue weighted by molar-refractivity contribution is 8.02. The number of halogens is 4. The highest BCUT2D eigenvalue weighted by Crippen LogP contribution is 2.22. The maximum atomic E-state index is 11.8. The molecule has 1 nitrogen and oxygen atoms in total. The van der Waals surface area contributed by atoms with Gasteiger partial charge in [0, 0.05) is 9.92 Å². The van der Waals surface area contributed by atoms with E-state index >= 15 is 0 Å². The first-order valence-electron chi connectivity index (χ1n) is 4.09. The number of thioether (sulfide) groups is 1. The first-order valence-corrected chi connectivity index (χ1v) is 5.35. The van der Waals surface area contributed by atoms with E-state index in [1.54, 1.807) is 24.3 Å². The number of rotatable bonds is 3. The third-order valence-corrected chi connectivity index (χ3v) is 2.59. The Kier molecular flexibility index (Phi) is 4.44. The second kappa shape index (κ2) is 5.41. The molecule has 0 fully saturated rings. The lowest BCUT2D eigenvalue weighted by atomic mass is 10.4. The molecule has 6 heteroatoms. The summed E-state index contributed by atoms with van der Waals surface area (Å²) in [6, 6.07) is 6.53. The fourth-order valence-electron chi connectivity index (χ4n) is 0.782. The maximum absolute atomic E-state index is 11.8. The van der Waals surface area contributed by atoms with E-state index < -0.39 is 12.0 Å². The molecule has 86 valence electrons. The molecule has 0 aliphatic carbocycles. The molecule has 0 N–H and O–H groups in total. The van der Waals surface area contributed by atoms with Crippen LogP contribution in [0.15, 0.2) is 40.6 Å². The van der Waals surface area contributed by atoms with E-state index in [1.807, 2.05) is 0 Å². The Bertz CT molecular complexity index is 398. The van der Waals surface area contributed by atoms with Gasteiger partial charge in [0.25, 0.3) is 5.78 Å². The molecule has 0 atom stereocenters. The Labute approximate surface area is 99.3 Å². The summed E-state index contributed by atoms with van der Waals surface area (Å²) in [7, 11) is 0. The van der Waals surface area contributed by atoms with E-state index in [1.165, 1.54) is 0 Å². The smallest absolute Gasteiger partial charge is 0.285 e. The summed E-state index contributed by atoms with van der Waals surface area (Å²) in [6.07, 6.45) is -4.31. The standard InChI is InChI=1S/C10H6ClF3OS/c11-7-1-3-8(4-2-7)16-6-5-9(15)10(12,13)14/h1-6H/b6-5-. The molecule has 1 aromatic carbocycles. The summed E-state index contributed by atoms with van der Waals surface area (Å²) >= 11 is 6.64. The molecule has 0 aliphatic heterocycles. The van der Waals surface area contributed by atoms with Crippen molar-refractivity contribution in [1.29, 1.82) is 0 Å². The van der Waals surface area contributed by atoms with Crippen molar-refractivity contribution in [2.45, 2.75) is 11.1 Å². The average Bonchev–Trinajstić information content (AvgIpc) is 2.19. The lowest BCUT2D eigenvalue weighted by Crippen LogP contribution is -2.19. The second-order valence-corrected chi connectivity index (χ2v) is 4.15. The highest BCUT2D eigenvalue weighted by atomic mass is 35.5. The molecule has 16 heavy (non-hydrogen) atoms. The van der Waals surface area contributed by atoms with Gasteiger partial charge in [-0.1, -0.05) is 23.4 Å². The van der Waals surface area contributed by atoms with E-state index in [2.05, 4.69) is 0 Å². The zero-order valence-corrected chi connectivity index (χ0v) is 9.36. The van der Waals surface area contributed by atoms with Crippen LogP contribution in [0.5, 0.6) is 0 Å². The quantitative estimate of drug-likeness (QED) is 0.606. The lowest BCUT2D eigenvalue weighted by molar-refractivity contribution is -0.165. The summed E-state index contributed by atoms with van der Waals surface area (Å²) in [4.78, 5) is 11.2. The topological polar surface area (TPSA) is 17.1 Å². The molecule has 0 saturated heterocycles. The predicted octanol–water partition coefficient (Wildman–Crippen LogP) is 4.08. The molecule has 0 aliphatic rings. The number of carbonyl (C=O) groups excluding carboxylic acids is 1. The van der Waals surface area contributed by atoms with Gasteiger partial charge in [-0.25, -0.2) is 0 Å². The van der Waals surface area contributed by atoms with E-state index in [0.29, 0.717) is 16.0 Å². The van der Waals surface area contributed by atoms with Crippen LogP contribution in [0.3, 0.4) is 0 Å². The molecule has 0 amide bonds. The van der Waals surface area contributed by atoms with Crippen molar-refractivity contribution in [3.8, 4) is 0 Å². The van der Waals surface area contributed by atoms with Crippen LogP contribution < -0.4 is 0 Å². The Morgan fingerprint density at radius 1 is 1.25 bits per heavy atom. The fraction of sp³-hybridized carbons (Fsp3) is 0.100. The SMILES string of the molecule is O=C(/C=C\Sc1ccc(Cl)cc1)C(F)(F)F. The van der Waals surface area contributed by atoms with E-state index in [0.717, 1.165) is 17.2 Å². The van der Waals surface area contributed by atoms with Crippen LogP contribution >= 0.6 is 23.4 Å². The van der Waals surface area contributed by atoms with E-state index in [9.17, 15) is 18.0 Å². The predicted molar refractivity (Wildman–Crippen MR) is 57.5 cm³/mol. The Balaban J connectivity index is 2.55. The van der Waals surface area contributed by atoms with Crippen LogP contribution in [0, 0.1) is 0 Å². The van der Waals surface area contributed by atoms with Gasteiger partial charge in [-0.05, 0) is 35.7 Å². The molecule has 0 bridgehead atoms. The monoisotopic (exact) mass is 266 g/mol. The van der Waals surface area contributed by atoms with Gasteiger partial charge in [0.1, 0.15) is 0 Å². The Morgan fingerprint density at radius 3 is 2.31 bits per heavy atom. The van der Waals surface area contributed by atoms with Crippen molar-refractivity contribution in [1.82, 2.24) is 0 Å². The molecule has 1 aromatic rings. The minimum Gasteiger partial charge on any atom is -0.285 e. The van der Waals surface area contributed by atoms with E-state index in [4.69, 9.17) is 11.6 Å². The van der Waals surface area contributed by atoms with Crippen molar-refractivity contribution >= 4 is 29.1 Å². The summed E-state index contributed by atoms with van der Waals surface area (Å²) in [5, 5.41) is 1.64. The third-order valence-electron chi connectivity index (χ3n) is 1.52. The molecular formula is C10H6ClF3OS. The van der Waals surface area contributed by atoms with Crippen molar-refractivity contribution in [2.24, 2.45) is 0 Å². The fourth-order valence-corrected chi connectivity index (χ4v) is 1.55. The van der Waals surface area contributed by atoms with Gasteiger partial charge >= 0.3 is 6.18 Å². The van der Waals surface area contributed by atoms with Crippen LogP contribution in [0.25, 0.3) is 0 Å². The Hall–Kier alpha value is -0.940. The minimum absolute atomic E-state index is 0.499. The number of hydrogen-bond donors (Lipinski definition) is 0. The largest absolute Gasteiger partial charge is 0.454 e. The summed E-state index contributed by atoms with van der Waals surface area (Å²) in [5.41, 5.74) is 0. The van der Waals surface area contributed by atoms with Crippen LogP contribution in [-0.4, -0.2) is 12.0 Å².